The van der Waals surface area contributed by atoms with Crippen LogP contribution >= 0.6 is 0 Å². The molecule has 1 unspecified atom stereocenters. The van der Waals surface area contributed by atoms with Crippen molar-refractivity contribution in [3.63, 3.8) is 0 Å². The van der Waals surface area contributed by atoms with Gasteiger partial charge in [-0.15, -0.1) is 0 Å². The molecule has 0 aromatic rings. The van der Waals surface area contributed by atoms with Gasteiger partial charge in [0.25, 0.3) is 0 Å². The van der Waals surface area contributed by atoms with Crippen LogP contribution in [0.1, 0.15) is 27.2 Å². The van der Waals surface area contributed by atoms with E-state index in [1.54, 1.807) is 0 Å². The lowest BCUT2D eigenvalue weighted by molar-refractivity contribution is -0.309. The van der Waals surface area contributed by atoms with Crippen molar-refractivity contribution in [1.82, 2.24) is 0 Å². The summed E-state index contributed by atoms with van der Waals surface area (Å²) < 4.78 is 21.5. The van der Waals surface area contributed by atoms with Crippen LogP contribution in [-0.4, -0.2) is 65.6 Å². The molecule has 0 aromatic heterocycles. The molecule has 0 aliphatic heterocycles. The standard InChI is InChI=1S/C14H30O6/c1-4-7-19-20-13-14(18-11-10-16-6-3)12-17-9-8-15-5-2/h14H,4-13H2,1-3H3. The second-order valence-electron chi connectivity index (χ2n) is 4.07. The van der Waals surface area contributed by atoms with Crippen molar-refractivity contribution in [2.45, 2.75) is 33.3 Å². The first kappa shape index (κ1) is 19.8. The molecule has 0 saturated heterocycles. The molecule has 0 saturated carbocycles. The highest BCUT2D eigenvalue weighted by Crippen LogP contribution is 1.97. The van der Waals surface area contributed by atoms with Crippen LogP contribution in [0, 0.1) is 0 Å². The summed E-state index contributed by atoms with van der Waals surface area (Å²) in [4.78, 5) is 10.1. The quantitative estimate of drug-likeness (QED) is 0.246. The molecular weight excluding hydrogens is 264 g/mol. The van der Waals surface area contributed by atoms with E-state index in [2.05, 4.69) is 0 Å². The molecule has 0 aliphatic carbocycles. The Balaban J connectivity index is 3.67. The van der Waals surface area contributed by atoms with E-state index in [9.17, 15) is 0 Å². The van der Waals surface area contributed by atoms with Gasteiger partial charge in [-0.25, -0.2) is 9.78 Å². The molecule has 0 aliphatic rings. The lowest BCUT2D eigenvalue weighted by atomic mass is 10.4. The van der Waals surface area contributed by atoms with Gasteiger partial charge in [-0.2, -0.15) is 0 Å². The highest BCUT2D eigenvalue weighted by Gasteiger charge is 2.10. The Hall–Kier alpha value is -0.240. The van der Waals surface area contributed by atoms with Crippen molar-refractivity contribution in [3.05, 3.63) is 0 Å². The van der Waals surface area contributed by atoms with Crippen LogP contribution in [0.5, 0.6) is 0 Å². The summed E-state index contributed by atoms with van der Waals surface area (Å²) in [5.74, 6) is 0. The minimum atomic E-state index is -0.158. The Labute approximate surface area is 122 Å². The molecule has 1 atom stereocenters. The first-order chi connectivity index (χ1) is 9.85. The monoisotopic (exact) mass is 294 g/mol. The summed E-state index contributed by atoms with van der Waals surface area (Å²) in [7, 11) is 0. The summed E-state index contributed by atoms with van der Waals surface area (Å²) in [6, 6.07) is 0. The maximum atomic E-state index is 5.64. The number of hydrogen-bond acceptors (Lipinski definition) is 6. The van der Waals surface area contributed by atoms with E-state index >= 15 is 0 Å². The Kier molecular flexibility index (Phi) is 16.6. The van der Waals surface area contributed by atoms with Gasteiger partial charge in [-0.3, -0.25) is 0 Å². The van der Waals surface area contributed by atoms with Gasteiger partial charge >= 0.3 is 0 Å². The second kappa shape index (κ2) is 16.8. The van der Waals surface area contributed by atoms with Gasteiger partial charge in [0.15, 0.2) is 0 Å². The van der Waals surface area contributed by atoms with Crippen molar-refractivity contribution in [2.24, 2.45) is 0 Å². The fraction of sp³-hybridized carbons (Fsp3) is 1.00. The topological polar surface area (TPSA) is 55.4 Å². The Morgan fingerprint density at radius 2 is 1.30 bits per heavy atom. The van der Waals surface area contributed by atoms with Crippen LogP contribution in [0.3, 0.4) is 0 Å². The molecule has 6 heteroatoms. The zero-order valence-electron chi connectivity index (χ0n) is 13.1. The fourth-order valence-electron chi connectivity index (χ4n) is 1.31. The van der Waals surface area contributed by atoms with E-state index < -0.39 is 0 Å². The predicted octanol–water partition coefficient (Wildman–Crippen LogP) is 1.82. The van der Waals surface area contributed by atoms with Gasteiger partial charge in [0.05, 0.1) is 39.6 Å². The molecular formula is C14H30O6. The van der Waals surface area contributed by atoms with E-state index in [0.717, 1.165) is 6.42 Å². The second-order valence-corrected chi connectivity index (χ2v) is 4.07. The van der Waals surface area contributed by atoms with Crippen molar-refractivity contribution in [1.29, 1.82) is 0 Å². The van der Waals surface area contributed by atoms with E-state index in [1.807, 2.05) is 20.8 Å². The van der Waals surface area contributed by atoms with Crippen LogP contribution in [0.25, 0.3) is 0 Å². The van der Waals surface area contributed by atoms with Gasteiger partial charge in [0, 0.05) is 13.2 Å². The van der Waals surface area contributed by atoms with Crippen LogP contribution in [0.4, 0.5) is 0 Å². The van der Waals surface area contributed by atoms with Crippen LogP contribution < -0.4 is 0 Å². The van der Waals surface area contributed by atoms with Crippen LogP contribution in [-0.2, 0) is 28.7 Å². The molecule has 0 heterocycles. The van der Waals surface area contributed by atoms with Gasteiger partial charge in [-0.1, -0.05) is 6.92 Å². The summed E-state index contributed by atoms with van der Waals surface area (Å²) in [6.07, 6.45) is 0.759. The SMILES string of the molecule is CCCOOCC(COCCOCC)OCCOCC. The number of hydrogen-bond donors (Lipinski definition) is 0. The smallest absolute Gasteiger partial charge is 0.111 e. The number of rotatable bonds is 16. The zero-order chi connectivity index (χ0) is 14.9. The Morgan fingerprint density at radius 3 is 1.95 bits per heavy atom. The minimum Gasteiger partial charge on any atom is -0.379 e. The normalized spacial score (nSPS) is 12.8. The molecule has 0 aromatic carbocycles. The number of ether oxygens (including phenoxy) is 4. The predicted molar refractivity (Wildman–Crippen MR) is 75.7 cm³/mol. The highest BCUT2D eigenvalue weighted by atomic mass is 17.2. The highest BCUT2D eigenvalue weighted by molar-refractivity contribution is 4.54. The average Bonchev–Trinajstić information content (AvgIpc) is 2.47. The summed E-state index contributed by atoms with van der Waals surface area (Å²) in [5.41, 5.74) is 0. The van der Waals surface area contributed by atoms with Gasteiger partial charge in [-0.05, 0) is 20.3 Å². The van der Waals surface area contributed by atoms with Crippen molar-refractivity contribution in [3.8, 4) is 0 Å². The van der Waals surface area contributed by atoms with Crippen LogP contribution in [0.2, 0.25) is 0 Å². The molecule has 0 amide bonds. The third kappa shape index (κ3) is 14.2. The first-order valence-corrected chi connectivity index (χ1v) is 7.44. The van der Waals surface area contributed by atoms with Gasteiger partial charge < -0.3 is 18.9 Å². The summed E-state index contributed by atoms with van der Waals surface area (Å²) >= 11 is 0. The first-order valence-electron chi connectivity index (χ1n) is 7.44. The maximum absolute atomic E-state index is 5.64. The molecule has 0 spiro atoms. The largest absolute Gasteiger partial charge is 0.379 e. The molecule has 0 fully saturated rings. The molecule has 6 nitrogen and oxygen atoms in total. The Bertz CT molecular complexity index is 167. The lowest BCUT2D eigenvalue weighted by Crippen LogP contribution is -2.28. The van der Waals surface area contributed by atoms with E-state index in [-0.39, 0.29) is 6.10 Å². The zero-order valence-corrected chi connectivity index (χ0v) is 13.1. The molecule has 0 N–H and O–H groups in total. The molecule has 0 bridgehead atoms. The van der Waals surface area contributed by atoms with Gasteiger partial charge in [0.1, 0.15) is 12.7 Å². The van der Waals surface area contributed by atoms with Crippen molar-refractivity contribution >= 4 is 0 Å². The molecule has 20 heavy (non-hydrogen) atoms. The van der Waals surface area contributed by atoms with Crippen molar-refractivity contribution in [2.75, 3.05) is 59.5 Å². The molecule has 0 radical (unpaired) electrons. The minimum absolute atomic E-state index is 0.158. The third-order valence-electron chi connectivity index (χ3n) is 2.29. The molecule has 122 valence electrons. The van der Waals surface area contributed by atoms with E-state index in [4.69, 9.17) is 28.7 Å². The fourth-order valence-corrected chi connectivity index (χ4v) is 1.31. The van der Waals surface area contributed by atoms with Crippen molar-refractivity contribution < 1.29 is 28.7 Å². The third-order valence-corrected chi connectivity index (χ3v) is 2.29. The lowest BCUT2D eigenvalue weighted by Gasteiger charge is -2.17. The molecule has 0 rings (SSSR count). The summed E-state index contributed by atoms with van der Waals surface area (Å²) in [5, 5.41) is 0. The van der Waals surface area contributed by atoms with Crippen LogP contribution in [0.15, 0.2) is 0 Å². The van der Waals surface area contributed by atoms with E-state index in [0.29, 0.717) is 59.5 Å². The van der Waals surface area contributed by atoms with E-state index in [1.165, 1.54) is 0 Å². The Morgan fingerprint density at radius 1 is 0.650 bits per heavy atom. The average molecular weight is 294 g/mol. The maximum Gasteiger partial charge on any atom is 0.111 e. The summed E-state index contributed by atoms with van der Waals surface area (Å²) in [6.45, 7) is 10.9. The van der Waals surface area contributed by atoms with Gasteiger partial charge in [0.2, 0.25) is 0 Å².